The molecule has 3 aliphatic rings. The Morgan fingerprint density at radius 3 is 2.04 bits per heavy atom. The third-order valence-electron chi connectivity index (χ3n) is 5.96. The van der Waals surface area contributed by atoms with E-state index < -0.39 is 0 Å². The molecule has 2 aromatic carbocycles. The van der Waals surface area contributed by atoms with Crippen LogP contribution < -0.4 is 10.2 Å². The summed E-state index contributed by atoms with van der Waals surface area (Å²) < 4.78 is 13.0. The molecule has 3 amide bonds. The van der Waals surface area contributed by atoms with Crippen molar-refractivity contribution in [3.8, 4) is 0 Å². The highest BCUT2D eigenvalue weighted by atomic mass is 19.1. The first-order valence-electron chi connectivity index (χ1n) is 9.26. The molecule has 1 saturated carbocycles. The summed E-state index contributed by atoms with van der Waals surface area (Å²) in [5.41, 5.74) is 1.35. The van der Waals surface area contributed by atoms with Crippen LogP contribution in [0, 0.1) is 29.5 Å². The predicted octanol–water partition coefficient (Wildman–Crippen LogP) is 3.39. The first-order chi connectivity index (χ1) is 13.5. The Hall–Kier alpha value is -3.28. The fraction of sp³-hybridized carbons (Fsp3) is 0.227. The minimum Gasteiger partial charge on any atom is -0.322 e. The lowest BCUT2D eigenvalue weighted by Crippen LogP contribution is -2.32. The maximum Gasteiger partial charge on any atom is 0.255 e. The van der Waals surface area contributed by atoms with Gasteiger partial charge in [0.05, 0.1) is 17.5 Å². The second-order valence-corrected chi connectivity index (χ2v) is 7.52. The first-order valence-corrected chi connectivity index (χ1v) is 9.26. The number of halogens is 1. The van der Waals surface area contributed by atoms with Crippen LogP contribution in [0.4, 0.5) is 15.8 Å². The largest absolute Gasteiger partial charge is 0.322 e. The Labute approximate surface area is 160 Å². The Morgan fingerprint density at radius 2 is 1.46 bits per heavy atom. The van der Waals surface area contributed by atoms with Crippen LogP contribution in [0.2, 0.25) is 0 Å². The van der Waals surface area contributed by atoms with Gasteiger partial charge in [-0.2, -0.15) is 0 Å². The summed E-state index contributed by atoms with van der Waals surface area (Å²) in [5.74, 6) is -1.18. The van der Waals surface area contributed by atoms with Crippen LogP contribution in [-0.2, 0) is 9.59 Å². The number of hydrogen-bond donors (Lipinski definition) is 1. The number of carbonyl (C=O) groups excluding carboxylic acids is 3. The van der Waals surface area contributed by atoms with Gasteiger partial charge in [-0.25, -0.2) is 4.39 Å². The average Bonchev–Trinajstić information content (AvgIpc) is 3.38. The van der Waals surface area contributed by atoms with Gasteiger partial charge >= 0.3 is 0 Å². The standard InChI is InChI=1S/C22H17FN2O3/c23-15-5-7-16(8-6-15)24-20(26)12-3-9-17(10-4-12)25-21(27)18-13-1-2-14(11-13)19(18)22(25)28/h1-10,13-14,18-19H,11H2,(H,24,26)/t13?,14?,18-,19+. The third-order valence-corrected chi connectivity index (χ3v) is 5.96. The van der Waals surface area contributed by atoms with E-state index in [4.69, 9.17) is 0 Å². The molecule has 6 heteroatoms. The van der Waals surface area contributed by atoms with Crippen LogP contribution in [-0.4, -0.2) is 17.7 Å². The highest BCUT2D eigenvalue weighted by molar-refractivity contribution is 6.23. The molecule has 0 radical (unpaired) electrons. The predicted molar refractivity (Wildman–Crippen MR) is 101 cm³/mol. The minimum atomic E-state index is -0.379. The molecule has 2 bridgehead atoms. The van der Waals surface area contributed by atoms with Crippen molar-refractivity contribution >= 4 is 29.1 Å². The van der Waals surface area contributed by atoms with Crippen LogP contribution in [0.5, 0.6) is 0 Å². The van der Waals surface area contributed by atoms with Gasteiger partial charge in [0.25, 0.3) is 5.91 Å². The van der Waals surface area contributed by atoms with Gasteiger partial charge in [0, 0.05) is 11.3 Å². The molecule has 28 heavy (non-hydrogen) atoms. The summed E-state index contributed by atoms with van der Waals surface area (Å²) in [6, 6.07) is 11.9. The maximum absolute atomic E-state index is 13.0. The Balaban J connectivity index is 1.34. The monoisotopic (exact) mass is 376 g/mol. The molecule has 2 unspecified atom stereocenters. The molecule has 1 heterocycles. The van der Waals surface area contributed by atoms with Crippen molar-refractivity contribution in [2.24, 2.45) is 23.7 Å². The van der Waals surface area contributed by atoms with E-state index in [1.807, 2.05) is 0 Å². The van der Waals surface area contributed by atoms with Crippen molar-refractivity contribution in [3.05, 3.63) is 72.1 Å². The Bertz CT molecular complexity index is 983. The number of imide groups is 1. The third kappa shape index (κ3) is 2.48. The molecule has 1 N–H and O–H groups in total. The molecule has 2 aliphatic carbocycles. The molecule has 0 aromatic heterocycles. The summed E-state index contributed by atoms with van der Waals surface area (Å²) in [5, 5.41) is 2.68. The van der Waals surface area contributed by atoms with Crippen molar-refractivity contribution < 1.29 is 18.8 Å². The summed E-state index contributed by atoms with van der Waals surface area (Å²) in [7, 11) is 0. The van der Waals surface area contributed by atoms with Crippen molar-refractivity contribution in [2.75, 3.05) is 10.2 Å². The van der Waals surface area contributed by atoms with E-state index in [9.17, 15) is 18.8 Å². The number of fused-ring (bicyclic) bond motifs is 5. The molecule has 5 rings (SSSR count). The highest BCUT2D eigenvalue weighted by Gasteiger charge is 2.59. The average molecular weight is 376 g/mol. The molecule has 1 saturated heterocycles. The lowest BCUT2D eigenvalue weighted by molar-refractivity contribution is -0.123. The summed E-state index contributed by atoms with van der Waals surface area (Å²) in [4.78, 5) is 39.3. The number of carbonyl (C=O) groups is 3. The second-order valence-electron chi connectivity index (χ2n) is 7.52. The molecule has 5 nitrogen and oxygen atoms in total. The van der Waals surface area contributed by atoms with E-state index in [2.05, 4.69) is 17.5 Å². The first kappa shape index (κ1) is 16.9. The van der Waals surface area contributed by atoms with Crippen LogP contribution >= 0.6 is 0 Å². The maximum atomic E-state index is 13.0. The zero-order valence-corrected chi connectivity index (χ0v) is 14.8. The SMILES string of the molecule is O=C(Nc1ccc(F)cc1)c1ccc(N2C(=O)[C@@H]3C4C=CC(C4)[C@@H]3C2=O)cc1. The van der Waals surface area contributed by atoms with Crippen LogP contribution in [0.3, 0.4) is 0 Å². The zero-order valence-electron chi connectivity index (χ0n) is 14.8. The normalized spacial score (nSPS) is 27.4. The van der Waals surface area contributed by atoms with E-state index in [0.717, 1.165) is 6.42 Å². The minimum absolute atomic E-state index is 0.143. The van der Waals surface area contributed by atoms with Gasteiger partial charge in [-0.05, 0) is 66.8 Å². The topological polar surface area (TPSA) is 66.5 Å². The van der Waals surface area contributed by atoms with E-state index >= 15 is 0 Å². The number of nitrogens with zero attached hydrogens (tertiary/aromatic N) is 1. The van der Waals surface area contributed by atoms with E-state index in [0.29, 0.717) is 16.9 Å². The Morgan fingerprint density at radius 1 is 0.893 bits per heavy atom. The molecule has 140 valence electrons. The van der Waals surface area contributed by atoms with E-state index in [1.54, 1.807) is 24.3 Å². The van der Waals surface area contributed by atoms with Gasteiger partial charge in [-0.15, -0.1) is 0 Å². The second kappa shape index (κ2) is 6.12. The number of benzene rings is 2. The smallest absolute Gasteiger partial charge is 0.255 e. The van der Waals surface area contributed by atoms with Crippen molar-refractivity contribution in [2.45, 2.75) is 6.42 Å². The van der Waals surface area contributed by atoms with Gasteiger partial charge < -0.3 is 5.32 Å². The quantitative estimate of drug-likeness (QED) is 0.660. The van der Waals surface area contributed by atoms with E-state index in [1.165, 1.54) is 29.2 Å². The molecule has 2 aromatic rings. The van der Waals surface area contributed by atoms with E-state index in [-0.39, 0.29) is 47.2 Å². The lowest BCUT2D eigenvalue weighted by Gasteiger charge is -2.17. The number of allylic oxidation sites excluding steroid dienone is 2. The van der Waals surface area contributed by atoms with Gasteiger partial charge in [-0.1, -0.05) is 12.2 Å². The molecular weight excluding hydrogens is 359 g/mol. The number of rotatable bonds is 3. The summed E-state index contributed by atoms with van der Waals surface area (Å²) in [6.07, 6.45) is 5.01. The van der Waals surface area contributed by atoms with Crippen molar-refractivity contribution in [3.63, 3.8) is 0 Å². The lowest BCUT2D eigenvalue weighted by atomic mass is 9.85. The van der Waals surface area contributed by atoms with Gasteiger partial charge in [-0.3, -0.25) is 19.3 Å². The number of anilines is 2. The number of amides is 3. The van der Waals surface area contributed by atoms with Crippen molar-refractivity contribution in [1.29, 1.82) is 0 Å². The molecule has 0 spiro atoms. The highest BCUT2D eigenvalue weighted by Crippen LogP contribution is 2.53. The Kier molecular flexibility index (Phi) is 3.69. The molecule has 4 atom stereocenters. The van der Waals surface area contributed by atoms with Crippen LogP contribution in [0.25, 0.3) is 0 Å². The molecular formula is C22H17FN2O3. The fourth-order valence-corrected chi connectivity index (χ4v) is 4.66. The number of nitrogens with one attached hydrogen (secondary N) is 1. The van der Waals surface area contributed by atoms with Crippen LogP contribution in [0.1, 0.15) is 16.8 Å². The molecule has 1 aliphatic heterocycles. The van der Waals surface area contributed by atoms with Gasteiger partial charge in [0.1, 0.15) is 5.82 Å². The van der Waals surface area contributed by atoms with Crippen LogP contribution in [0.15, 0.2) is 60.7 Å². The fourth-order valence-electron chi connectivity index (χ4n) is 4.66. The summed E-state index contributed by atoms with van der Waals surface area (Å²) >= 11 is 0. The van der Waals surface area contributed by atoms with Gasteiger partial charge in [0.15, 0.2) is 0 Å². The zero-order chi connectivity index (χ0) is 19.4. The summed E-state index contributed by atoms with van der Waals surface area (Å²) in [6.45, 7) is 0. The van der Waals surface area contributed by atoms with Gasteiger partial charge in [0.2, 0.25) is 11.8 Å². The molecule has 2 fully saturated rings. The van der Waals surface area contributed by atoms with Crippen molar-refractivity contribution in [1.82, 2.24) is 0 Å². The number of hydrogen-bond acceptors (Lipinski definition) is 3.